The number of nitrogens with zero attached hydrogens (tertiary/aromatic N) is 1. The number of nitrogens with one attached hydrogen (secondary N) is 2. The minimum Gasteiger partial charge on any atom is -0.744 e. The first-order valence-electron chi connectivity index (χ1n) is 5.42. The second-order valence-electron chi connectivity index (χ2n) is 4.17. The number of H-pyrrole nitrogens is 1. The van der Waals surface area contributed by atoms with Crippen molar-refractivity contribution in [1.82, 2.24) is 9.78 Å². The molecule has 0 aliphatic heterocycles. The van der Waals surface area contributed by atoms with E-state index in [1.807, 2.05) is 0 Å². The zero-order chi connectivity index (χ0) is 15.8. The van der Waals surface area contributed by atoms with E-state index in [1.54, 1.807) is 0 Å². The topological polar surface area (TPSA) is 141 Å². The van der Waals surface area contributed by atoms with Gasteiger partial charge >= 0.3 is 18.9 Å². The third kappa shape index (κ3) is 4.49. The van der Waals surface area contributed by atoms with Crippen molar-refractivity contribution >= 4 is 26.0 Å². The van der Waals surface area contributed by atoms with Crippen molar-refractivity contribution in [1.29, 1.82) is 0 Å². The number of hydrogen-bond donors (Lipinski definition) is 2. The third-order valence-corrected chi connectivity index (χ3v) is 3.84. The van der Waals surface area contributed by atoms with Crippen LogP contribution in [-0.2, 0) is 20.1 Å². The van der Waals surface area contributed by atoms with Crippen LogP contribution in [-0.4, -0.2) is 37.4 Å². The van der Waals surface area contributed by atoms with Crippen molar-refractivity contribution in [3.8, 4) is 5.69 Å². The quantitative estimate of drug-likeness (QED) is 0.436. The molecule has 2 N–H and O–H groups in total. The molecule has 0 radical (unpaired) electrons. The third-order valence-electron chi connectivity index (χ3n) is 2.40. The van der Waals surface area contributed by atoms with E-state index in [-0.39, 0.29) is 30.4 Å². The molecule has 22 heavy (non-hydrogen) atoms. The predicted molar refractivity (Wildman–Crippen MR) is 72.8 cm³/mol. The minimum absolute atomic E-state index is 0. The number of hydrogen-bond acceptors (Lipinski definition) is 6. The Balaban J connectivity index is 0.00000242. The second kappa shape index (κ2) is 6.31. The Labute approximate surface area is 138 Å². The molecule has 0 aliphatic carbocycles. The molecular formula is C10H10LiN3O6S2. The molecule has 2 aromatic rings. The first-order valence-corrected chi connectivity index (χ1v) is 8.72. The number of aromatic nitrogens is 2. The molecule has 0 aliphatic rings. The summed E-state index contributed by atoms with van der Waals surface area (Å²) in [6.45, 7) is 0. The molecule has 114 valence electrons. The SMILES string of the molecule is CS(=O)(=O)Nc1cc(=O)n(-c2ccc(S(=O)(=O)[O-])cc2)[nH]1.[Li+]. The molecule has 0 spiro atoms. The van der Waals surface area contributed by atoms with Gasteiger partial charge in [0.25, 0.3) is 5.56 Å². The maximum Gasteiger partial charge on any atom is 1.00 e. The summed E-state index contributed by atoms with van der Waals surface area (Å²) >= 11 is 0. The second-order valence-corrected chi connectivity index (χ2v) is 7.29. The summed E-state index contributed by atoms with van der Waals surface area (Å²) in [7, 11) is -8.11. The molecule has 0 fully saturated rings. The first kappa shape index (κ1) is 18.5. The molecule has 1 aromatic carbocycles. The summed E-state index contributed by atoms with van der Waals surface area (Å²) in [6.07, 6.45) is 0.927. The Morgan fingerprint density at radius 2 is 1.68 bits per heavy atom. The summed E-state index contributed by atoms with van der Waals surface area (Å²) < 4.78 is 57.6. The van der Waals surface area contributed by atoms with Crippen LogP contribution < -0.4 is 29.1 Å². The first-order chi connectivity index (χ1) is 9.56. The molecule has 12 heteroatoms. The van der Waals surface area contributed by atoms with Gasteiger partial charge in [0.15, 0.2) is 0 Å². The summed E-state index contributed by atoms with van der Waals surface area (Å²) in [5.74, 6) is -0.0389. The number of anilines is 1. The van der Waals surface area contributed by atoms with Crippen molar-refractivity contribution < 1.29 is 40.2 Å². The summed E-state index contributed by atoms with van der Waals surface area (Å²) in [5.41, 5.74) is -0.312. The zero-order valence-electron chi connectivity index (χ0n) is 11.6. The van der Waals surface area contributed by atoms with Crippen LogP contribution in [0, 0.1) is 0 Å². The average Bonchev–Trinajstić information content (AvgIpc) is 2.66. The standard InChI is InChI=1S/C10H11N3O6S2.Li/c1-20(15,16)12-9-6-10(14)13(11-9)7-2-4-8(5-3-7)21(17,18)19;/h2-6,11-12H,1H3,(H,17,18,19);/q;+1/p-1. The fourth-order valence-electron chi connectivity index (χ4n) is 1.60. The smallest absolute Gasteiger partial charge is 0.744 e. The minimum atomic E-state index is -4.57. The van der Waals surface area contributed by atoms with E-state index >= 15 is 0 Å². The molecule has 1 heterocycles. The van der Waals surface area contributed by atoms with Crippen LogP contribution in [0.25, 0.3) is 5.69 Å². The molecule has 9 nitrogen and oxygen atoms in total. The van der Waals surface area contributed by atoms with Gasteiger partial charge in [-0.2, -0.15) is 0 Å². The van der Waals surface area contributed by atoms with Crippen LogP contribution in [0.4, 0.5) is 5.82 Å². The van der Waals surface area contributed by atoms with Crippen molar-refractivity contribution in [2.24, 2.45) is 0 Å². The maximum absolute atomic E-state index is 11.7. The van der Waals surface area contributed by atoms with Crippen molar-refractivity contribution in [3.05, 3.63) is 40.7 Å². The zero-order valence-corrected chi connectivity index (χ0v) is 13.2. The fraction of sp³-hybridized carbons (Fsp3) is 0.100. The van der Waals surface area contributed by atoms with Gasteiger partial charge in [0, 0.05) is 6.07 Å². The number of rotatable bonds is 4. The van der Waals surface area contributed by atoms with Gasteiger partial charge in [-0.25, -0.2) is 21.5 Å². The molecule has 0 bridgehead atoms. The molecule has 0 atom stereocenters. The largest absolute Gasteiger partial charge is 1.00 e. The van der Waals surface area contributed by atoms with Crippen LogP contribution in [0.15, 0.2) is 40.0 Å². The molecular weight excluding hydrogens is 329 g/mol. The van der Waals surface area contributed by atoms with Gasteiger partial charge < -0.3 is 4.55 Å². The molecule has 0 unspecified atom stereocenters. The predicted octanol–water partition coefficient (Wildman–Crippen LogP) is -3.55. The van der Waals surface area contributed by atoms with Gasteiger partial charge in [0.2, 0.25) is 10.0 Å². The van der Waals surface area contributed by atoms with Gasteiger partial charge in [-0.15, -0.1) is 0 Å². The van der Waals surface area contributed by atoms with Crippen molar-refractivity contribution in [2.75, 3.05) is 11.0 Å². The normalized spacial score (nSPS) is 11.7. The Morgan fingerprint density at radius 1 is 1.14 bits per heavy atom. The molecule has 0 saturated carbocycles. The van der Waals surface area contributed by atoms with E-state index in [0.717, 1.165) is 29.1 Å². The number of sulfonamides is 1. The van der Waals surface area contributed by atoms with Crippen LogP contribution >= 0.6 is 0 Å². The molecule has 0 saturated heterocycles. The average molecular weight is 339 g/mol. The maximum atomic E-state index is 11.7. The Bertz CT molecular complexity index is 928. The van der Waals surface area contributed by atoms with Crippen molar-refractivity contribution in [3.63, 3.8) is 0 Å². The van der Waals surface area contributed by atoms with Gasteiger partial charge in [0.1, 0.15) is 15.9 Å². The van der Waals surface area contributed by atoms with Gasteiger partial charge in [-0.05, 0) is 24.3 Å². The molecule has 2 rings (SSSR count). The molecule has 1 aromatic heterocycles. The summed E-state index contributed by atoms with van der Waals surface area (Å²) in [4.78, 5) is 11.3. The van der Waals surface area contributed by atoms with E-state index in [0.29, 0.717) is 0 Å². The van der Waals surface area contributed by atoms with Crippen LogP contribution in [0.2, 0.25) is 0 Å². The number of aromatic amines is 1. The van der Waals surface area contributed by atoms with E-state index in [1.165, 1.54) is 12.1 Å². The summed E-state index contributed by atoms with van der Waals surface area (Å²) in [5, 5.41) is 2.50. The summed E-state index contributed by atoms with van der Waals surface area (Å²) in [6, 6.07) is 5.61. The van der Waals surface area contributed by atoms with Crippen molar-refractivity contribution in [2.45, 2.75) is 4.90 Å². The van der Waals surface area contributed by atoms with Crippen LogP contribution in [0.3, 0.4) is 0 Å². The Hall–Kier alpha value is -1.51. The van der Waals surface area contributed by atoms with E-state index in [9.17, 15) is 26.2 Å². The van der Waals surface area contributed by atoms with Gasteiger partial charge in [0.05, 0.1) is 16.8 Å². The monoisotopic (exact) mass is 339 g/mol. The van der Waals surface area contributed by atoms with Crippen LogP contribution in [0.5, 0.6) is 0 Å². The van der Waals surface area contributed by atoms with Gasteiger partial charge in [-0.1, -0.05) is 0 Å². The van der Waals surface area contributed by atoms with E-state index in [4.69, 9.17) is 0 Å². The fourth-order valence-corrected chi connectivity index (χ4v) is 2.57. The van der Waals surface area contributed by atoms with Gasteiger partial charge in [-0.3, -0.25) is 14.6 Å². The Kier molecular flexibility index (Phi) is 5.32. The number of benzene rings is 1. The van der Waals surface area contributed by atoms with E-state index in [2.05, 4.69) is 9.82 Å². The van der Waals surface area contributed by atoms with Crippen LogP contribution in [0.1, 0.15) is 0 Å². The Morgan fingerprint density at radius 3 is 2.14 bits per heavy atom. The molecule has 0 amide bonds. The van der Waals surface area contributed by atoms with E-state index < -0.39 is 30.6 Å².